The van der Waals surface area contributed by atoms with E-state index in [1.165, 1.54) is 0 Å². The molecular weight excluding hydrogens is 418 g/mol. The smallest absolute Gasteiger partial charge is 0.251 e. The van der Waals surface area contributed by atoms with Gasteiger partial charge in [0.2, 0.25) is 5.88 Å². The summed E-state index contributed by atoms with van der Waals surface area (Å²) in [5.41, 5.74) is 2.93. The van der Waals surface area contributed by atoms with Crippen molar-refractivity contribution in [3.8, 4) is 34.4 Å². The molecule has 0 radical (unpaired) electrons. The van der Waals surface area contributed by atoms with Crippen LogP contribution in [-0.2, 0) is 6.54 Å². The van der Waals surface area contributed by atoms with Gasteiger partial charge in [-0.05, 0) is 48.0 Å². The van der Waals surface area contributed by atoms with E-state index in [0.717, 1.165) is 16.9 Å². The van der Waals surface area contributed by atoms with Gasteiger partial charge in [0.05, 0.1) is 19.9 Å². The molecule has 1 aromatic heterocycles. The summed E-state index contributed by atoms with van der Waals surface area (Å²) in [6.07, 6.45) is 0. The van der Waals surface area contributed by atoms with E-state index < -0.39 is 0 Å². The van der Waals surface area contributed by atoms with Crippen LogP contribution < -0.4 is 19.5 Å². The van der Waals surface area contributed by atoms with Crippen LogP contribution in [-0.4, -0.2) is 30.3 Å². The van der Waals surface area contributed by atoms with E-state index >= 15 is 0 Å². The molecule has 0 aliphatic rings. The molecule has 0 unspecified atom stereocenters. The van der Waals surface area contributed by atoms with Gasteiger partial charge in [0.15, 0.2) is 11.5 Å². The van der Waals surface area contributed by atoms with Gasteiger partial charge in [0, 0.05) is 23.7 Å². The summed E-state index contributed by atoms with van der Waals surface area (Å²) in [5, 5.41) is 11.3. The first kappa shape index (κ1) is 21.8. The lowest BCUT2D eigenvalue weighted by molar-refractivity contribution is 0.0951. The first-order valence-electron chi connectivity index (χ1n) is 10.3. The average Bonchev–Trinajstić information content (AvgIpc) is 2.88. The summed E-state index contributed by atoms with van der Waals surface area (Å²) in [7, 11) is 3.20. The minimum Gasteiger partial charge on any atom is -0.497 e. The highest BCUT2D eigenvalue weighted by molar-refractivity contribution is 5.95. The molecule has 0 saturated carbocycles. The van der Waals surface area contributed by atoms with E-state index in [4.69, 9.17) is 14.2 Å². The van der Waals surface area contributed by atoms with Gasteiger partial charge >= 0.3 is 0 Å². The van der Waals surface area contributed by atoms with E-state index in [9.17, 15) is 4.79 Å². The summed E-state index contributed by atoms with van der Waals surface area (Å²) < 4.78 is 16.2. The van der Waals surface area contributed by atoms with Crippen molar-refractivity contribution in [3.05, 3.63) is 96.1 Å². The van der Waals surface area contributed by atoms with Crippen LogP contribution in [0.15, 0.2) is 84.9 Å². The summed E-state index contributed by atoms with van der Waals surface area (Å²) in [6, 6.07) is 25.6. The van der Waals surface area contributed by atoms with Crippen molar-refractivity contribution in [2.24, 2.45) is 0 Å². The maximum Gasteiger partial charge on any atom is 0.251 e. The van der Waals surface area contributed by atoms with Crippen molar-refractivity contribution >= 4 is 5.91 Å². The van der Waals surface area contributed by atoms with Gasteiger partial charge in [0.1, 0.15) is 5.75 Å². The molecule has 1 amide bonds. The molecule has 0 bridgehead atoms. The standard InChI is InChI=1S/C26H23N3O4/c1-31-21-12-10-18(11-13-21)17-27-26(30)20-7-5-6-19(16-20)22-14-15-25(29-28-22)33-24-9-4-3-8-23(24)32-2/h3-16H,17H2,1-2H3,(H,27,30). The Bertz CT molecular complexity index is 1230. The predicted octanol–water partition coefficient (Wildman–Crippen LogP) is 4.88. The molecule has 0 aliphatic heterocycles. The molecule has 7 heteroatoms. The minimum absolute atomic E-state index is 0.170. The maximum atomic E-state index is 12.6. The van der Waals surface area contributed by atoms with E-state index in [2.05, 4.69) is 15.5 Å². The topological polar surface area (TPSA) is 82.6 Å². The lowest BCUT2D eigenvalue weighted by Crippen LogP contribution is -2.22. The van der Waals surface area contributed by atoms with Crippen molar-refractivity contribution in [3.63, 3.8) is 0 Å². The van der Waals surface area contributed by atoms with Gasteiger partial charge < -0.3 is 19.5 Å². The number of ether oxygens (including phenoxy) is 3. The zero-order valence-electron chi connectivity index (χ0n) is 18.3. The van der Waals surface area contributed by atoms with Crippen molar-refractivity contribution < 1.29 is 19.0 Å². The number of nitrogens with one attached hydrogen (secondary N) is 1. The lowest BCUT2D eigenvalue weighted by Gasteiger charge is -2.09. The molecule has 0 aliphatic carbocycles. The van der Waals surface area contributed by atoms with Crippen LogP contribution in [0.4, 0.5) is 0 Å². The lowest BCUT2D eigenvalue weighted by atomic mass is 10.1. The second-order valence-electron chi connectivity index (χ2n) is 7.12. The number of carbonyl (C=O) groups excluding carboxylic acids is 1. The van der Waals surface area contributed by atoms with Gasteiger partial charge in [-0.2, -0.15) is 0 Å². The first-order valence-corrected chi connectivity index (χ1v) is 10.3. The van der Waals surface area contributed by atoms with E-state index in [-0.39, 0.29) is 5.91 Å². The number of amides is 1. The Morgan fingerprint density at radius 2 is 1.61 bits per heavy atom. The summed E-state index contributed by atoms with van der Waals surface area (Å²) in [4.78, 5) is 12.6. The van der Waals surface area contributed by atoms with Crippen LogP contribution in [0.5, 0.6) is 23.1 Å². The highest BCUT2D eigenvalue weighted by Gasteiger charge is 2.10. The third-order valence-electron chi connectivity index (χ3n) is 4.96. The number of benzene rings is 3. The van der Waals surface area contributed by atoms with Gasteiger partial charge in [-0.3, -0.25) is 4.79 Å². The van der Waals surface area contributed by atoms with Crippen LogP contribution in [0.2, 0.25) is 0 Å². The summed E-state index contributed by atoms with van der Waals surface area (Å²) in [5.74, 6) is 2.11. The molecule has 7 nitrogen and oxygen atoms in total. The Morgan fingerprint density at radius 3 is 2.30 bits per heavy atom. The molecule has 0 fully saturated rings. The molecule has 0 atom stereocenters. The molecular formula is C26H23N3O4. The van der Waals surface area contributed by atoms with Crippen LogP contribution >= 0.6 is 0 Å². The van der Waals surface area contributed by atoms with Crippen LogP contribution in [0.25, 0.3) is 11.3 Å². The minimum atomic E-state index is -0.170. The Labute approximate surface area is 192 Å². The van der Waals surface area contributed by atoms with Crippen molar-refractivity contribution in [1.82, 2.24) is 15.5 Å². The Kier molecular flexibility index (Phi) is 6.80. The van der Waals surface area contributed by atoms with E-state index in [0.29, 0.717) is 35.2 Å². The number of nitrogens with zero attached hydrogens (tertiary/aromatic N) is 2. The molecule has 1 N–H and O–H groups in total. The maximum absolute atomic E-state index is 12.6. The largest absolute Gasteiger partial charge is 0.497 e. The first-order chi connectivity index (χ1) is 16.2. The Morgan fingerprint density at radius 1 is 0.818 bits per heavy atom. The summed E-state index contributed by atoms with van der Waals surface area (Å²) >= 11 is 0. The number of para-hydroxylation sites is 2. The molecule has 4 rings (SSSR count). The van der Waals surface area contributed by atoms with Gasteiger partial charge in [-0.1, -0.05) is 36.4 Å². The number of aromatic nitrogens is 2. The molecule has 166 valence electrons. The Hall–Kier alpha value is -4.39. The quantitative estimate of drug-likeness (QED) is 0.420. The van der Waals surface area contributed by atoms with Crippen molar-refractivity contribution in [2.45, 2.75) is 6.54 Å². The number of hydrogen-bond acceptors (Lipinski definition) is 6. The third-order valence-corrected chi connectivity index (χ3v) is 4.96. The van der Waals surface area contributed by atoms with Gasteiger partial charge in [-0.25, -0.2) is 0 Å². The monoisotopic (exact) mass is 441 g/mol. The molecule has 0 saturated heterocycles. The van der Waals surface area contributed by atoms with Crippen molar-refractivity contribution in [2.75, 3.05) is 14.2 Å². The molecule has 33 heavy (non-hydrogen) atoms. The Balaban J connectivity index is 1.42. The van der Waals surface area contributed by atoms with Gasteiger partial charge in [-0.15, -0.1) is 10.2 Å². The van der Waals surface area contributed by atoms with E-state index in [1.807, 2.05) is 54.6 Å². The van der Waals surface area contributed by atoms with Gasteiger partial charge in [0.25, 0.3) is 5.91 Å². The molecule has 3 aromatic carbocycles. The SMILES string of the molecule is COc1ccc(CNC(=O)c2cccc(-c3ccc(Oc4ccccc4OC)nn3)c2)cc1. The van der Waals surface area contributed by atoms with Crippen LogP contribution in [0.3, 0.4) is 0 Å². The average molecular weight is 441 g/mol. The zero-order chi connectivity index (χ0) is 23.0. The van der Waals surface area contributed by atoms with Crippen molar-refractivity contribution in [1.29, 1.82) is 0 Å². The zero-order valence-corrected chi connectivity index (χ0v) is 18.3. The molecule has 4 aromatic rings. The van der Waals surface area contributed by atoms with E-state index in [1.54, 1.807) is 44.6 Å². The second-order valence-corrected chi connectivity index (χ2v) is 7.12. The number of methoxy groups -OCH3 is 2. The fourth-order valence-corrected chi connectivity index (χ4v) is 3.19. The number of hydrogen-bond donors (Lipinski definition) is 1. The highest BCUT2D eigenvalue weighted by Crippen LogP contribution is 2.30. The fraction of sp³-hybridized carbons (Fsp3) is 0.115. The fourth-order valence-electron chi connectivity index (χ4n) is 3.19. The molecule has 1 heterocycles. The highest BCUT2D eigenvalue weighted by atomic mass is 16.5. The third kappa shape index (κ3) is 5.46. The summed E-state index contributed by atoms with van der Waals surface area (Å²) in [6.45, 7) is 0.418. The van der Waals surface area contributed by atoms with Crippen LogP contribution in [0.1, 0.15) is 15.9 Å². The number of carbonyl (C=O) groups is 1. The van der Waals surface area contributed by atoms with Crippen LogP contribution in [0, 0.1) is 0 Å². The number of rotatable bonds is 8. The second kappa shape index (κ2) is 10.3. The normalized spacial score (nSPS) is 10.4. The molecule has 0 spiro atoms. The predicted molar refractivity (Wildman–Crippen MR) is 125 cm³/mol.